The van der Waals surface area contributed by atoms with E-state index < -0.39 is 0 Å². The standard InChI is InChI=1S/Co.H2O2.Zn/c;1-2;/h;1-2H;/q;;+1/p-1. The fourth-order valence-corrected chi connectivity index (χ4v) is 0. The minimum absolute atomic E-state index is 0. The summed E-state index contributed by atoms with van der Waals surface area (Å²) in [6.45, 7) is 0. The molecule has 0 aromatic heterocycles. The first-order chi connectivity index (χ1) is 1.41. The molecule has 4 heteroatoms. The Bertz CT molecular complexity index is 6.00. The average molecular weight is 157 g/mol. The number of hydrogen-bond acceptors (Lipinski definition) is 2. The van der Waals surface area contributed by atoms with E-state index in [2.05, 4.69) is 3.71 Å². The van der Waals surface area contributed by atoms with Crippen LogP contribution in [0.15, 0.2) is 0 Å². The van der Waals surface area contributed by atoms with Crippen LogP contribution in [0.4, 0.5) is 0 Å². The van der Waals surface area contributed by atoms with Gasteiger partial charge < -0.3 is 0 Å². The molecular weight excluding hydrogens is 156 g/mol. The Kier molecular flexibility index (Phi) is 20.0. The molecule has 0 amide bonds. The van der Waals surface area contributed by atoms with E-state index in [0.717, 1.165) is 0 Å². The molecule has 24 valence electrons. The third-order valence-corrected chi connectivity index (χ3v) is 0. The van der Waals surface area contributed by atoms with Crippen LogP contribution in [-0.2, 0) is 39.2 Å². The van der Waals surface area contributed by atoms with Crippen molar-refractivity contribution in [3.05, 3.63) is 0 Å². The van der Waals surface area contributed by atoms with Crippen LogP contribution in [0.2, 0.25) is 0 Å². The van der Waals surface area contributed by atoms with E-state index in [1.807, 2.05) is 0 Å². The molecule has 0 atom stereocenters. The van der Waals surface area contributed by atoms with Gasteiger partial charge in [0.1, 0.15) is 0 Å². The van der Waals surface area contributed by atoms with Crippen LogP contribution in [-0.4, -0.2) is 5.26 Å². The third kappa shape index (κ3) is 11.6. The van der Waals surface area contributed by atoms with E-state index in [1.54, 1.807) is 0 Å². The number of hydrogen-bond donors (Lipinski definition) is 1. The van der Waals surface area contributed by atoms with Gasteiger partial charge in [0.05, 0.1) is 0 Å². The molecule has 0 saturated carbocycles. The summed E-state index contributed by atoms with van der Waals surface area (Å²) in [5.41, 5.74) is 0. The van der Waals surface area contributed by atoms with Crippen LogP contribution >= 0.6 is 0 Å². The predicted molar refractivity (Wildman–Crippen MR) is 3.71 cm³/mol. The van der Waals surface area contributed by atoms with Gasteiger partial charge in [0.25, 0.3) is 0 Å². The largest absolute Gasteiger partial charge is 0 e. The van der Waals surface area contributed by atoms with Crippen molar-refractivity contribution in [3.8, 4) is 0 Å². The maximum atomic E-state index is 7.12. The van der Waals surface area contributed by atoms with Crippen molar-refractivity contribution in [1.29, 1.82) is 0 Å². The maximum Gasteiger partial charge on any atom is 0 e. The molecule has 0 unspecified atom stereocenters. The molecule has 0 heterocycles. The molecule has 0 bridgehead atoms. The summed E-state index contributed by atoms with van der Waals surface area (Å²) in [4.78, 5) is 0. The Labute approximate surface area is 44.7 Å². The van der Waals surface area contributed by atoms with Gasteiger partial charge in [0, 0.05) is 16.8 Å². The van der Waals surface area contributed by atoms with Gasteiger partial charge in [-0.3, -0.25) is 0 Å². The molecule has 0 spiro atoms. The third-order valence-electron chi connectivity index (χ3n) is 0. The van der Waals surface area contributed by atoms with Gasteiger partial charge in [-0.15, -0.1) is 0 Å². The van der Waals surface area contributed by atoms with Crippen molar-refractivity contribution in [2.75, 3.05) is 0 Å². The van der Waals surface area contributed by atoms with Crippen molar-refractivity contribution in [2.24, 2.45) is 0 Å². The van der Waals surface area contributed by atoms with E-state index >= 15 is 0 Å². The van der Waals surface area contributed by atoms with Crippen LogP contribution in [0.25, 0.3) is 0 Å². The molecule has 0 aliphatic heterocycles. The van der Waals surface area contributed by atoms with E-state index in [0.29, 0.717) is 18.7 Å². The maximum absolute atomic E-state index is 7.12. The summed E-state index contributed by atoms with van der Waals surface area (Å²) in [5.74, 6) is 0. The Balaban J connectivity index is 0. The molecule has 1 radical (unpaired) electrons. The van der Waals surface area contributed by atoms with Crippen molar-refractivity contribution < 1.29 is 44.4 Å². The molecule has 4 heavy (non-hydrogen) atoms. The molecule has 0 fully saturated rings. The second kappa shape index (κ2) is 8.97. The fraction of sp³-hybridized carbons (Fsp3) is 0. The molecular formula is HCoO2Zn. The number of rotatable bonds is 0. The zero-order valence-electron chi connectivity index (χ0n) is 1.90. The van der Waals surface area contributed by atoms with E-state index in [-0.39, 0.29) is 16.8 Å². The summed E-state index contributed by atoms with van der Waals surface area (Å²) < 4.78 is 3.38. The first-order valence-corrected chi connectivity index (χ1v) is 1.68. The van der Waals surface area contributed by atoms with Crippen LogP contribution in [0.3, 0.4) is 0 Å². The van der Waals surface area contributed by atoms with E-state index in [9.17, 15) is 0 Å². The molecule has 1 N–H and O–H groups in total. The monoisotopic (exact) mass is 156 g/mol. The zero-order valence-corrected chi connectivity index (χ0v) is 5.90. The van der Waals surface area contributed by atoms with Gasteiger partial charge >= 0.3 is 27.6 Å². The van der Waals surface area contributed by atoms with Crippen molar-refractivity contribution in [2.45, 2.75) is 0 Å². The molecule has 0 aromatic rings. The smallest absolute Gasteiger partial charge is 0 e. The zero-order chi connectivity index (χ0) is 2.71. The van der Waals surface area contributed by atoms with E-state index in [1.165, 1.54) is 0 Å². The summed E-state index contributed by atoms with van der Waals surface area (Å²) >= 11 is 0.500. The summed E-state index contributed by atoms with van der Waals surface area (Å²) in [5, 5.41) is 7.12. The van der Waals surface area contributed by atoms with Crippen molar-refractivity contribution in [1.82, 2.24) is 0 Å². The minimum atomic E-state index is 0. The van der Waals surface area contributed by atoms with E-state index in [4.69, 9.17) is 5.26 Å². The van der Waals surface area contributed by atoms with Gasteiger partial charge in [-0.25, -0.2) is 0 Å². The quantitative estimate of drug-likeness (QED) is 0.303. The van der Waals surface area contributed by atoms with Gasteiger partial charge in [0.15, 0.2) is 0 Å². The van der Waals surface area contributed by atoms with Crippen molar-refractivity contribution >= 4 is 0 Å². The van der Waals surface area contributed by atoms with Gasteiger partial charge in [-0.1, -0.05) is 0 Å². The molecule has 2 nitrogen and oxygen atoms in total. The first-order valence-electron chi connectivity index (χ1n) is 0.471. The molecule has 0 aromatic carbocycles. The van der Waals surface area contributed by atoms with Gasteiger partial charge in [-0.2, -0.15) is 0 Å². The molecule has 0 aliphatic carbocycles. The average Bonchev–Trinajstić information content (AvgIpc) is 0.918. The predicted octanol–water partition coefficient (Wildman–Crippen LogP) is -0.0647. The van der Waals surface area contributed by atoms with Crippen LogP contribution < -0.4 is 0 Å². The Morgan fingerprint density at radius 2 is 1.75 bits per heavy atom. The van der Waals surface area contributed by atoms with Crippen LogP contribution in [0.1, 0.15) is 0 Å². The summed E-state index contributed by atoms with van der Waals surface area (Å²) in [7, 11) is 0. The first kappa shape index (κ1) is 8.90. The normalized spacial score (nSPS) is 4.75. The second-order valence-electron chi connectivity index (χ2n) is 0.129. The van der Waals surface area contributed by atoms with Crippen molar-refractivity contribution in [3.63, 3.8) is 0 Å². The molecule has 0 aliphatic rings. The minimum Gasteiger partial charge on any atom is 0 e. The van der Waals surface area contributed by atoms with Gasteiger partial charge in [0.2, 0.25) is 0 Å². The topological polar surface area (TPSA) is 29.5 Å². The fourth-order valence-electron chi connectivity index (χ4n) is 0. The van der Waals surface area contributed by atoms with Crippen LogP contribution in [0, 0.1) is 0 Å². The SMILES string of the molecule is O[O][Zn].[Co]. The Morgan fingerprint density at radius 1 is 1.75 bits per heavy atom. The summed E-state index contributed by atoms with van der Waals surface area (Å²) in [6.07, 6.45) is 0. The Morgan fingerprint density at radius 3 is 1.75 bits per heavy atom. The van der Waals surface area contributed by atoms with Gasteiger partial charge in [-0.05, 0) is 0 Å². The molecule has 0 saturated heterocycles. The molecule has 0 rings (SSSR count). The summed E-state index contributed by atoms with van der Waals surface area (Å²) in [6, 6.07) is 0. The Hall–Kier alpha value is 1.05. The van der Waals surface area contributed by atoms with Crippen LogP contribution in [0.5, 0.6) is 0 Å². The second-order valence-corrected chi connectivity index (χ2v) is 0.671.